The third-order valence-electron chi connectivity index (χ3n) is 8.65. The summed E-state index contributed by atoms with van der Waals surface area (Å²) in [5.74, 6) is 0. The van der Waals surface area contributed by atoms with Gasteiger partial charge in [-0.25, -0.2) is 0 Å². The third-order valence-corrected chi connectivity index (χ3v) is 17.4. The lowest BCUT2D eigenvalue weighted by molar-refractivity contribution is 0.220. The molecule has 2 aromatic rings. The van der Waals surface area contributed by atoms with Gasteiger partial charge in [-0.2, -0.15) is 0 Å². The molecule has 3 unspecified atom stereocenters. The molecule has 0 amide bonds. The molecular weight excluding hydrogens is 1090 g/mol. The Kier molecular flexibility index (Phi) is 50.5. The molecule has 0 aliphatic heterocycles. The minimum Gasteiger partial charge on any atom is -0.324 e. The molecule has 0 spiro atoms. The van der Waals surface area contributed by atoms with Crippen LogP contribution in [0.1, 0.15) is 104 Å². The second-order valence-electron chi connectivity index (χ2n) is 15.2. The predicted octanol–water partition coefficient (Wildman–Crippen LogP) is 13.9. The molecule has 3 atom stereocenters. The van der Waals surface area contributed by atoms with Crippen LogP contribution in [0.15, 0.2) is 124 Å². The lowest BCUT2D eigenvalue weighted by atomic mass is 10.1. The van der Waals surface area contributed by atoms with Gasteiger partial charge in [0.25, 0.3) is 0 Å². The summed E-state index contributed by atoms with van der Waals surface area (Å²) in [6, 6.07) is 14.6. The Balaban J connectivity index is -0.000000412. The van der Waals surface area contributed by atoms with Crippen LogP contribution < -0.4 is 10.6 Å². The maximum absolute atomic E-state index is 12.5. The van der Waals surface area contributed by atoms with E-state index < -0.39 is 45.6 Å². The van der Waals surface area contributed by atoms with Gasteiger partial charge in [-0.3, -0.25) is 27.4 Å². The van der Waals surface area contributed by atoms with E-state index in [9.17, 15) is 32.3 Å². The van der Waals surface area contributed by atoms with Crippen LogP contribution in [-0.4, -0.2) is 95.9 Å². The van der Waals surface area contributed by atoms with Gasteiger partial charge in [0.15, 0.2) is 0 Å². The fourth-order valence-electron chi connectivity index (χ4n) is 5.22. The number of benzene rings is 2. The van der Waals surface area contributed by atoms with Crippen molar-refractivity contribution in [3.63, 3.8) is 0 Å². The van der Waals surface area contributed by atoms with Crippen LogP contribution in [0.3, 0.4) is 0 Å². The highest BCUT2D eigenvalue weighted by atomic mass is 31.2. The summed E-state index contributed by atoms with van der Waals surface area (Å²) in [6.07, 6.45) is 18.8. The fraction of sp³-hybridized carbons (Fsp3) is 0.529. The van der Waals surface area contributed by atoms with Gasteiger partial charge >= 0.3 is 45.6 Å². The van der Waals surface area contributed by atoms with E-state index in [0.29, 0.717) is 69.1 Å². The van der Waals surface area contributed by atoms with Gasteiger partial charge in [-0.05, 0) is 141 Å². The molecule has 0 heterocycles. The van der Waals surface area contributed by atoms with Gasteiger partial charge in [-0.15, -0.1) is 39.5 Å². The summed E-state index contributed by atoms with van der Waals surface area (Å²) in [7, 11) is -19.8. The second-order valence-corrected chi connectivity index (χ2v) is 26.9. The molecule has 5 N–H and O–H groups in total. The molecule has 0 aliphatic carbocycles. The number of allylic oxidation sites excluding steroid dienone is 6. The van der Waals surface area contributed by atoms with Gasteiger partial charge in [0.2, 0.25) is 0 Å². The lowest BCUT2D eigenvalue weighted by Gasteiger charge is -2.17. The van der Waals surface area contributed by atoms with Crippen molar-refractivity contribution < 1.29 is 83.5 Å². The first-order chi connectivity index (χ1) is 35.2. The average molecular weight is 1180 g/mol. The Hall–Kier alpha value is -2.22. The highest BCUT2D eigenvalue weighted by molar-refractivity contribution is 7.62. The number of hydrogen-bond acceptors (Lipinski definition) is 13. The van der Waals surface area contributed by atoms with Gasteiger partial charge in [0.05, 0.1) is 75.3 Å². The molecule has 2 rings (SSSR count). The minimum absolute atomic E-state index is 0.0868. The first kappa shape index (κ1) is 79.3. The summed E-state index contributed by atoms with van der Waals surface area (Å²) in [5, 5.41) is 0.963. The molecular formula is C51H92O18P6. The van der Waals surface area contributed by atoms with Crippen LogP contribution in [0.25, 0.3) is 0 Å². The Bertz CT molecular complexity index is 2080. The van der Waals surface area contributed by atoms with Crippen LogP contribution >= 0.6 is 45.6 Å². The first-order valence-corrected chi connectivity index (χ1v) is 35.2. The van der Waals surface area contributed by atoms with Crippen molar-refractivity contribution in [2.75, 3.05) is 71.4 Å². The third kappa shape index (κ3) is 48.6. The Labute approximate surface area is 450 Å². The van der Waals surface area contributed by atoms with E-state index in [1.165, 1.54) is 18.3 Å². The first-order valence-electron chi connectivity index (χ1n) is 24.7. The molecule has 0 aromatic heterocycles. The van der Waals surface area contributed by atoms with Gasteiger partial charge in [0, 0.05) is 6.66 Å². The molecule has 2 aromatic carbocycles. The van der Waals surface area contributed by atoms with E-state index in [1.807, 2.05) is 68.5 Å². The number of unbranched alkanes of at least 4 members (excludes halogenated alkanes) is 2. The number of rotatable bonds is 35. The summed E-state index contributed by atoms with van der Waals surface area (Å²) in [6.45, 7) is 35.5. The summed E-state index contributed by atoms with van der Waals surface area (Å²) in [5.41, 5.74) is 2.32. The predicted molar refractivity (Wildman–Crippen MR) is 311 cm³/mol. The maximum atomic E-state index is 12.5. The standard InChI is InChI=1S/C14H21O3P.C12H17O3P.C8H17O3P.C7H15O3P.C6H13O3P.C4H9O3P/c1-4-7-8-13-9-11-14(12-10-13)18(15,16-5-2)17-6-3;1-3-5-6-11-7-9-12(10-8-11)16(13,14)15-4-2;1-4-7-8-12(9,10-5-2)11-6-3;1-3-4-5-6-7-10-11(2,8)9;1-3-5-6-10(7,8)9-4-2;1-2-3-4-8(5,6)7/h4,9-12H,1,5-8H2,2-3H3;3,7-10H,1,4-6H2,2H3,(H,13,14);4H,1,5-8H2,2-3H3;3H,1,4-7H2,2H3,(H,8,9);3H,1,4-6H2,2H3,(H,7,8);2H,1,3-4H2,(H2,5,6,7). The molecule has 0 saturated carbocycles. The minimum atomic E-state index is -3.75. The van der Waals surface area contributed by atoms with Gasteiger partial charge < -0.3 is 56.1 Å². The zero-order valence-corrected chi connectivity index (χ0v) is 51.1. The summed E-state index contributed by atoms with van der Waals surface area (Å²) < 4.78 is 102. The zero-order valence-electron chi connectivity index (χ0n) is 45.7. The molecule has 0 fully saturated rings. The highest BCUT2D eigenvalue weighted by Gasteiger charge is 2.26. The van der Waals surface area contributed by atoms with Crippen LogP contribution in [0.5, 0.6) is 0 Å². The van der Waals surface area contributed by atoms with Crippen molar-refractivity contribution in [3.05, 3.63) is 136 Å². The monoisotopic (exact) mass is 1180 g/mol. The van der Waals surface area contributed by atoms with Crippen molar-refractivity contribution in [2.45, 2.75) is 106 Å². The Morgan fingerprint density at radius 1 is 0.427 bits per heavy atom. The second kappa shape index (κ2) is 47.8. The van der Waals surface area contributed by atoms with E-state index in [0.717, 1.165) is 50.5 Å². The van der Waals surface area contributed by atoms with E-state index in [4.69, 9.17) is 42.2 Å². The molecule has 0 radical (unpaired) electrons. The lowest BCUT2D eigenvalue weighted by Crippen LogP contribution is -2.10. The molecule has 24 heteroatoms. The van der Waals surface area contributed by atoms with Crippen LogP contribution in [0.4, 0.5) is 0 Å². The quantitative estimate of drug-likeness (QED) is 0.0244. The summed E-state index contributed by atoms with van der Waals surface area (Å²) in [4.78, 5) is 43.6. The molecule has 0 aliphatic rings. The summed E-state index contributed by atoms with van der Waals surface area (Å²) >= 11 is 0. The van der Waals surface area contributed by atoms with Crippen molar-refractivity contribution in [3.8, 4) is 0 Å². The van der Waals surface area contributed by atoms with Gasteiger partial charge in [-0.1, -0.05) is 60.7 Å². The van der Waals surface area contributed by atoms with E-state index in [1.54, 1.807) is 52.0 Å². The SMILES string of the molecule is C=CCCCCOP(C)(=O)O.C=CCCP(=O)(O)O.C=CCCP(=O)(O)OCC.C=CCCP(=O)(OCC)OCC.C=CCCc1ccc(P(=O)(O)OCC)cc1.C=CCCc1ccc(P(=O)(OCC)OCC)cc1. The molecule has 0 bridgehead atoms. The largest absolute Gasteiger partial charge is 0.361 e. The van der Waals surface area contributed by atoms with Crippen LogP contribution in [-0.2, 0) is 71.9 Å². The average Bonchev–Trinajstić information content (AvgIpc) is 3.34. The highest BCUT2D eigenvalue weighted by Crippen LogP contribution is 2.49. The Morgan fingerprint density at radius 3 is 1.15 bits per heavy atom. The van der Waals surface area contributed by atoms with Crippen molar-refractivity contribution in [1.29, 1.82) is 0 Å². The van der Waals surface area contributed by atoms with Crippen LogP contribution in [0.2, 0.25) is 0 Å². The molecule has 18 nitrogen and oxygen atoms in total. The zero-order chi connectivity index (χ0) is 58.3. The van der Waals surface area contributed by atoms with Crippen LogP contribution in [0, 0.1) is 0 Å². The molecule has 434 valence electrons. The van der Waals surface area contributed by atoms with Crippen molar-refractivity contribution in [1.82, 2.24) is 0 Å². The number of aryl methyl sites for hydroxylation is 2. The normalized spacial score (nSPS) is 13.3. The van der Waals surface area contributed by atoms with Crippen molar-refractivity contribution in [2.24, 2.45) is 0 Å². The fourth-order valence-corrected chi connectivity index (χ4v) is 11.5. The van der Waals surface area contributed by atoms with E-state index >= 15 is 0 Å². The van der Waals surface area contributed by atoms with Gasteiger partial charge in [0.1, 0.15) is 0 Å². The molecule has 0 saturated heterocycles. The van der Waals surface area contributed by atoms with Crippen molar-refractivity contribution >= 4 is 56.2 Å². The van der Waals surface area contributed by atoms with E-state index in [-0.39, 0.29) is 25.5 Å². The van der Waals surface area contributed by atoms with E-state index in [2.05, 4.69) is 48.5 Å². The topological polar surface area (TPSA) is 268 Å². The maximum Gasteiger partial charge on any atom is 0.361 e. The number of hydrogen-bond donors (Lipinski definition) is 5. The smallest absolute Gasteiger partial charge is 0.324 e. The Morgan fingerprint density at radius 2 is 0.800 bits per heavy atom. The molecule has 75 heavy (non-hydrogen) atoms.